The largest absolute Gasteiger partial charge is 0.573 e. The average molecular weight is 440 g/mol. The predicted molar refractivity (Wildman–Crippen MR) is 110 cm³/mol. The zero-order valence-electron chi connectivity index (χ0n) is 17.4. The number of alkyl halides is 3. The molecule has 0 amide bonds. The maximum atomic E-state index is 12.6. The summed E-state index contributed by atoms with van der Waals surface area (Å²) in [5, 5.41) is 10.6. The Morgan fingerprint density at radius 3 is 2.81 bits per heavy atom. The van der Waals surface area contributed by atoms with Gasteiger partial charge in [0.15, 0.2) is 5.96 Å². The van der Waals surface area contributed by atoms with Crippen molar-refractivity contribution in [1.82, 2.24) is 25.0 Å². The number of benzene rings is 1. The van der Waals surface area contributed by atoms with Crippen molar-refractivity contribution in [2.45, 2.75) is 58.6 Å². The number of rotatable bonds is 8. The molecule has 0 saturated heterocycles. The van der Waals surface area contributed by atoms with E-state index >= 15 is 0 Å². The Morgan fingerprint density at radius 1 is 1.26 bits per heavy atom. The fourth-order valence-electron chi connectivity index (χ4n) is 3.39. The first-order valence-corrected chi connectivity index (χ1v) is 10.4. The molecule has 2 heterocycles. The van der Waals surface area contributed by atoms with Crippen LogP contribution in [0.4, 0.5) is 13.2 Å². The van der Waals surface area contributed by atoms with Gasteiger partial charge >= 0.3 is 12.1 Å². The molecule has 31 heavy (non-hydrogen) atoms. The highest BCUT2D eigenvalue weighted by atomic mass is 19.4. The summed E-state index contributed by atoms with van der Waals surface area (Å²) in [6, 6.07) is 5.92. The smallest absolute Gasteiger partial charge is 0.405 e. The normalized spacial score (nSPS) is 14.3. The van der Waals surface area contributed by atoms with Crippen LogP contribution in [0.2, 0.25) is 0 Å². The van der Waals surface area contributed by atoms with Crippen LogP contribution in [-0.4, -0.2) is 39.8 Å². The van der Waals surface area contributed by atoms with Crippen molar-refractivity contribution in [3.8, 4) is 5.75 Å². The molecule has 3 rings (SSSR count). The molecule has 2 aromatic rings. The number of hydrogen-bond donors (Lipinski definition) is 2. The molecule has 0 spiro atoms. The van der Waals surface area contributed by atoms with Crippen molar-refractivity contribution in [3.63, 3.8) is 0 Å². The molecule has 0 bridgehead atoms. The number of nitrogens with zero attached hydrogens (tertiary/aromatic N) is 4. The van der Waals surface area contributed by atoms with Crippen molar-refractivity contribution in [1.29, 1.82) is 0 Å². The molecule has 170 valence electrons. The molecule has 1 aliphatic rings. The van der Waals surface area contributed by atoms with Crippen molar-refractivity contribution < 1.29 is 17.9 Å². The molecule has 0 unspecified atom stereocenters. The summed E-state index contributed by atoms with van der Waals surface area (Å²) in [7, 11) is 0. The third-order valence-electron chi connectivity index (χ3n) is 4.82. The number of para-hydroxylation sites is 1. The molecule has 0 aliphatic carbocycles. The summed E-state index contributed by atoms with van der Waals surface area (Å²) in [6.45, 7) is 4.25. The second kappa shape index (κ2) is 10.4. The highest BCUT2D eigenvalue weighted by molar-refractivity contribution is 5.79. The first-order valence-electron chi connectivity index (χ1n) is 10.4. The topological polar surface area (TPSA) is 85.5 Å². The minimum atomic E-state index is -4.76. The van der Waals surface area contributed by atoms with Gasteiger partial charge in [-0.3, -0.25) is 4.57 Å². The van der Waals surface area contributed by atoms with Gasteiger partial charge in [-0.05, 0) is 32.3 Å². The van der Waals surface area contributed by atoms with Gasteiger partial charge < -0.3 is 15.4 Å². The van der Waals surface area contributed by atoms with Crippen molar-refractivity contribution in [2.24, 2.45) is 4.99 Å². The van der Waals surface area contributed by atoms with E-state index in [0.29, 0.717) is 37.6 Å². The number of aliphatic imine (C=N–C) groups is 1. The first-order chi connectivity index (χ1) is 14.9. The fourth-order valence-corrected chi connectivity index (χ4v) is 3.39. The molecule has 1 aliphatic heterocycles. The number of guanidine groups is 1. The van der Waals surface area contributed by atoms with Gasteiger partial charge in [-0.1, -0.05) is 18.2 Å². The Morgan fingerprint density at radius 2 is 2.06 bits per heavy atom. The lowest BCUT2D eigenvalue weighted by Crippen LogP contribution is -2.38. The van der Waals surface area contributed by atoms with E-state index in [-0.39, 0.29) is 18.0 Å². The summed E-state index contributed by atoms with van der Waals surface area (Å²) < 4.78 is 45.0. The van der Waals surface area contributed by atoms with Crippen LogP contribution in [0.5, 0.6) is 5.75 Å². The highest BCUT2D eigenvalue weighted by Crippen LogP contribution is 2.26. The highest BCUT2D eigenvalue weighted by Gasteiger charge is 2.31. The Hall–Kier alpha value is -2.98. The lowest BCUT2D eigenvalue weighted by Gasteiger charge is -2.14. The summed E-state index contributed by atoms with van der Waals surface area (Å²) in [4.78, 5) is 16.7. The van der Waals surface area contributed by atoms with Crippen molar-refractivity contribution >= 4 is 5.96 Å². The van der Waals surface area contributed by atoms with Crippen LogP contribution in [0.25, 0.3) is 0 Å². The van der Waals surface area contributed by atoms with Crippen LogP contribution in [0, 0.1) is 0 Å². The van der Waals surface area contributed by atoms with Crippen LogP contribution < -0.4 is 21.1 Å². The van der Waals surface area contributed by atoms with Gasteiger partial charge in [0.25, 0.3) is 0 Å². The minimum absolute atomic E-state index is 0.0226. The van der Waals surface area contributed by atoms with E-state index < -0.39 is 6.36 Å². The molecule has 8 nitrogen and oxygen atoms in total. The lowest BCUT2D eigenvalue weighted by atomic mass is 10.2. The minimum Gasteiger partial charge on any atom is -0.405 e. The van der Waals surface area contributed by atoms with Gasteiger partial charge in [-0.2, -0.15) is 5.10 Å². The van der Waals surface area contributed by atoms with E-state index in [1.807, 2.05) is 6.92 Å². The Balaban J connectivity index is 1.55. The second-order valence-corrected chi connectivity index (χ2v) is 7.16. The number of aromatic nitrogens is 3. The molecule has 2 N–H and O–H groups in total. The van der Waals surface area contributed by atoms with Gasteiger partial charge in [0, 0.05) is 38.2 Å². The summed E-state index contributed by atoms with van der Waals surface area (Å²) in [5.41, 5.74) is 0.253. The standard InChI is InChI=1S/C20H27F3N6O2/c1-2-24-18(26-14-15-8-3-4-9-16(15)31-20(21,22)23)25-11-7-13-29-19(30)28-12-6-5-10-17(28)27-29/h3-4,8-9H,2,5-7,10-14H2,1H3,(H2,24,25,26). The summed E-state index contributed by atoms with van der Waals surface area (Å²) >= 11 is 0. The second-order valence-electron chi connectivity index (χ2n) is 7.16. The maximum absolute atomic E-state index is 12.6. The molecule has 1 aromatic carbocycles. The number of aryl methyl sites for hydroxylation is 2. The van der Waals surface area contributed by atoms with Crippen LogP contribution in [-0.2, 0) is 26.1 Å². The Bertz CT molecular complexity index is 951. The zero-order valence-corrected chi connectivity index (χ0v) is 17.4. The number of halogens is 3. The molecule has 0 radical (unpaired) electrons. The lowest BCUT2D eigenvalue weighted by molar-refractivity contribution is -0.274. The quantitative estimate of drug-likeness (QED) is 0.374. The Labute approximate surface area is 178 Å². The van der Waals surface area contributed by atoms with E-state index in [1.54, 1.807) is 16.7 Å². The number of hydrogen-bond acceptors (Lipinski definition) is 4. The number of fused-ring (bicyclic) bond motifs is 1. The molecular weight excluding hydrogens is 413 g/mol. The molecule has 1 aromatic heterocycles. The average Bonchev–Trinajstić information content (AvgIpc) is 3.05. The van der Waals surface area contributed by atoms with Crippen LogP contribution in [0.15, 0.2) is 34.1 Å². The monoisotopic (exact) mass is 440 g/mol. The molecular formula is C20H27F3N6O2. The van der Waals surface area contributed by atoms with Crippen LogP contribution in [0.1, 0.15) is 37.6 Å². The predicted octanol–water partition coefficient (Wildman–Crippen LogP) is 2.43. The van der Waals surface area contributed by atoms with E-state index in [0.717, 1.165) is 31.6 Å². The maximum Gasteiger partial charge on any atom is 0.573 e. The van der Waals surface area contributed by atoms with E-state index in [9.17, 15) is 18.0 Å². The zero-order chi connectivity index (χ0) is 22.3. The van der Waals surface area contributed by atoms with Gasteiger partial charge in [-0.25, -0.2) is 14.5 Å². The van der Waals surface area contributed by atoms with Gasteiger partial charge in [-0.15, -0.1) is 13.2 Å². The molecule has 0 fully saturated rings. The van der Waals surface area contributed by atoms with Crippen molar-refractivity contribution in [2.75, 3.05) is 13.1 Å². The van der Waals surface area contributed by atoms with Gasteiger partial charge in [0.1, 0.15) is 11.6 Å². The van der Waals surface area contributed by atoms with Gasteiger partial charge in [0.2, 0.25) is 0 Å². The first kappa shape index (κ1) is 22.7. The van der Waals surface area contributed by atoms with Crippen LogP contribution in [0.3, 0.4) is 0 Å². The number of ether oxygens (including phenoxy) is 1. The van der Waals surface area contributed by atoms with Gasteiger partial charge in [0.05, 0.1) is 6.54 Å². The van der Waals surface area contributed by atoms with Crippen LogP contribution >= 0.6 is 0 Å². The molecule has 11 heteroatoms. The molecule has 0 saturated carbocycles. The summed E-state index contributed by atoms with van der Waals surface area (Å²) in [6.07, 6.45) is -1.23. The SMILES string of the molecule is CCNC(=NCc1ccccc1OC(F)(F)F)NCCCn1nc2n(c1=O)CCCC2. The third kappa shape index (κ3) is 6.50. The van der Waals surface area contributed by atoms with Crippen molar-refractivity contribution in [3.05, 3.63) is 46.1 Å². The Kier molecular flexibility index (Phi) is 7.59. The fraction of sp³-hybridized carbons (Fsp3) is 0.550. The number of nitrogens with one attached hydrogen (secondary N) is 2. The summed E-state index contributed by atoms with van der Waals surface area (Å²) in [5.74, 6) is 1.05. The van der Waals surface area contributed by atoms with E-state index in [4.69, 9.17) is 0 Å². The van der Waals surface area contributed by atoms with E-state index in [1.165, 1.54) is 16.8 Å². The molecule has 0 atom stereocenters. The third-order valence-corrected chi connectivity index (χ3v) is 4.82. The van der Waals surface area contributed by atoms with E-state index in [2.05, 4.69) is 25.5 Å².